The molecule has 0 amide bonds. The normalized spacial score (nSPS) is 11.3. The van der Waals surface area contributed by atoms with E-state index in [9.17, 15) is 9.18 Å². The van der Waals surface area contributed by atoms with E-state index in [-0.39, 0.29) is 23.5 Å². The first-order valence-electron chi connectivity index (χ1n) is 5.59. The molecule has 0 fully saturated rings. The van der Waals surface area contributed by atoms with Gasteiger partial charge >= 0.3 is 5.97 Å². The van der Waals surface area contributed by atoms with E-state index in [2.05, 4.69) is 0 Å². The summed E-state index contributed by atoms with van der Waals surface area (Å²) < 4.78 is 24.0. The molecule has 0 spiro atoms. The van der Waals surface area contributed by atoms with Crippen LogP contribution in [0, 0.1) is 5.82 Å². The molecule has 0 saturated heterocycles. The maximum absolute atomic E-state index is 13.4. The third-order valence-electron chi connectivity index (χ3n) is 2.05. The average Bonchev–Trinajstić information content (AvgIpc) is 2.24. The maximum Gasteiger partial charge on any atom is 0.335 e. The van der Waals surface area contributed by atoms with Gasteiger partial charge in [-0.25, -0.2) is 9.18 Å². The summed E-state index contributed by atoms with van der Waals surface area (Å²) in [4.78, 5) is 10.6. The Morgan fingerprint density at radius 1 is 1.33 bits per heavy atom. The van der Waals surface area contributed by atoms with Crippen LogP contribution in [0.15, 0.2) is 18.2 Å². The van der Waals surface area contributed by atoms with Crippen molar-refractivity contribution in [2.75, 3.05) is 13.2 Å². The van der Waals surface area contributed by atoms with Crippen molar-refractivity contribution in [1.29, 1.82) is 0 Å². The van der Waals surface area contributed by atoms with E-state index in [1.165, 1.54) is 12.1 Å². The summed E-state index contributed by atoms with van der Waals surface area (Å²) in [5.74, 6) is -1.83. The third-order valence-corrected chi connectivity index (χ3v) is 2.05. The Hall–Kier alpha value is -1.62. The van der Waals surface area contributed by atoms with E-state index >= 15 is 0 Å². The molecule has 0 aliphatic heterocycles. The summed E-state index contributed by atoms with van der Waals surface area (Å²) in [6, 6.07) is 3.53. The van der Waals surface area contributed by atoms with Crippen molar-refractivity contribution < 1.29 is 23.8 Å². The number of benzene rings is 1. The lowest BCUT2D eigenvalue weighted by Gasteiger charge is -2.19. The quantitative estimate of drug-likeness (QED) is 0.823. The van der Waals surface area contributed by atoms with E-state index in [1.54, 1.807) is 0 Å². The zero-order valence-electron chi connectivity index (χ0n) is 10.7. The number of hydrogen-bond acceptors (Lipinski definition) is 3. The van der Waals surface area contributed by atoms with Crippen LogP contribution < -0.4 is 4.74 Å². The fraction of sp³-hybridized carbons (Fsp3) is 0.462. The van der Waals surface area contributed by atoms with Crippen LogP contribution >= 0.6 is 0 Å². The molecular formula is C13H17FO4. The van der Waals surface area contributed by atoms with E-state index in [1.807, 2.05) is 20.8 Å². The van der Waals surface area contributed by atoms with Crippen molar-refractivity contribution >= 4 is 5.97 Å². The minimum atomic E-state index is -1.17. The van der Waals surface area contributed by atoms with Crippen LogP contribution in [0.2, 0.25) is 0 Å². The van der Waals surface area contributed by atoms with Gasteiger partial charge in [0.1, 0.15) is 6.61 Å². The molecule has 4 nitrogen and oxygen atoms in total. The number of carboxylic acids is 1. The molecule has 1 rings (SSSR count). The Bertz CT molecular complexity index is 423. The van der Waals surface area contributed by atoms with Crippen molar-refractivity contribution in [2.24, 2.45) is 0 Å². The minimum Gasteiger partial charge on any atom is -0.488 e. The van der Waals surface area contributed by atoms with Gasteiger partial charge in [-0.1, -0.05) is 0 Å². The maximum atomic E-state index is 13.4. The highest BCUT2D eigenvalue weighted by Gasteiger charge is 2.11. The highest BCUT2D eigenvalue weighted by Crippen LogP contribution is 2.18. The Kier molecular flexibility index (Phi) is 4.67. The summed E-state index contributed by atoms with van der Waals surface area (Å²) in [6.45, 7) is 6.28. The number of rotatable bonds is 5. The van der Waals surface area contributed by atoms with Crippen LogP contribution in [-0.4, -0.2) is 29.9 Å². The Labute approximate surface area is 105 Å². The summed E-state index contributed by atoms with van der Waals surface area (Å²) in [7, 11) is 0. The number of halogens is 1. The monoisotopic (exact) mass is 256 g/mol. The van der Waals surface area contributed by atoms with Crippen molar-refractivity contribution in [3.8, 4) is 5.75 Å². The van der Waals surface area contributed by atoms with Crippen LogP contribution in [0.4, 0.5) is 4.39 Å². The Balaban J connectivity index is 2.51. The van der Waals surface area contributed by atoms with Crippen LogP contribution in [0.25, 0.3) is 0 Å². The number of carboxylic acid groups (broad SMARTS) is 1. The summed E-state index contributed by atoms with van der Waals surface area (Å²) in [5, 5.41) is 8.68. The van der Waals surface area contributed by atoms with Gasteiger partial charge < -0.3 is 14.6 Å². The van der Waals surface area contributed by atoms with Gasteiger partial charge in [0.25, 0.3) is 0 Å². The van der Waals surface area contributed by atoms with Crippen molar-refractivity contribution in [1.82, 2.24) is 0 Å². The van der Waals surface area contributed by atoms with Crippen molar-refractivity contribution in [2.45, 2.75) is 26.4 Å². The molecule has 0 unspecified atom stereocenters. The average molecular weight is 256 g/mol. The summed E-state index contributed by atoms with van der Waals surface area (Å²) in [5.41, 5.74) is -0.375. The molecule has 0 saturated carbocycles. The lowest BCUT2D eigenvalue weighted by molar-refractivity contribution is -0.0166. The topological polar surface area (TPSA) is 55.8 Å². The first-order chi connectivity index (χ1) is 8.29. The molecule has 100 valence electrons. The van der Waals surface area contributed by atoms with Crippen LogP contribution in [0.3, 0.4) is 0 Å². The fourth-order valence-electron chi connectivity index (χ4n) is 1.25. The van der Waals surface area contributed by atoms with Crippen molar-refractivity contribution in [3.05, 3.63) is 29.6 Å². The number of ether oxygens (including phenoxy) is 2. The second-order valence-corrected chi connectivity index (χ2v) is 4.76. The molecule has 0 heterocycles. The Morgan fingerprint density at radius 2 is 2.00 bits per heavy atom. The predicted molar refractivity (Wildman–Crippen MR) is 64.6 cm³/mol. The smallest absolute Gasteiger partial charge is 0.335 e. The van der Waals surface area contributed by atoms with Crippen LogP contribution in [-0.2, 0) is 4.74 Å². The summed E-state index contributed by atoms with van der Waals surface area (Å²) in [6.07, 6.45) is 0. The lowest BCUT2D eigenvalue weighted by Crippen LogP contribution is -2.22. The highest BCUT2D eigenvalue weighted by molar-refractivity contribution is 5.87. The molecular weight excluding hydrogens is 239 g/mol. The standard InChI is InChI=1S/C13H17FO4/c1-13(2,3)18-7-6-17-11-5-4-9(12(15)16)8-10(11)14/h4-5,8H,6-7H2,1-3H3,(H,15,16). The van der Waals surface area contributed by atoms with E-state index in [0.29, 0.717) is 6.61 Å². The molecule has 0 bridgehead atoms. The predicted octanol–water partition coefficient (Wildman–Crippen LogP) is 2.72. The highest BCUT2D eigenvalue weighted by atomic mass is 19.1. The molecule has 1 aromatic rings. The Morgan fingerprint density at radius 3 is 2.50 bits per heavy atom. The van der Waals surface area contributed by atoms with Gasteiger partial charge in [-0.15, -0.1) is 0 Å². The van der Waals surface area contributed by atoms with Gasteiger partial charge in [-0.2, -0.15) is 0 Å². The van der Waals surface area contributed by atoms with Gasteiger partial charge in [-0.05, 0) is 39.0 Å². The van der Waals surface area contributed by atoms with Gasteiger partial charge in [0.15, 0.2) is 11.6 Å². The SMILES string of the molecule is CC(C)(C)OCCOc1ccc(C(=O)O)cc1F. The van der Waals surface area contributed by atoms with Gasteiger partial charge in [0.2, 0.25) is 0 Å². The third kappa shape index (κ3) is 4.71. The molecule has 0 atom stereocenters. The second kappa shape index (κ2) is 5.82. The zero-order chi connectivity index (χ0) is 13.8. The first kappa shape index (κ1) is 14.4. The minimum absolute atomic E-state index is 0.0255. The number of hydrogen-bond donors (Lipinski definition) is 1. The van der Waals surface area contributed by atoms with Gasteiger partial charge in [-0.3, -0.25) is 0 Å². The number of carbonyl (C=O) groups is 1. The van der Waals surface area contributed by atoms with Crippen LogP contribution in [0.1, 0.15) is 31.1 Å². The summed E-state index contributed by atoms with van der Waals surface area (Å²) >= 11 is 0. The van der Waals surface area contributed by atoms with E-state index in [0.717, 1.165) is 6.07 Å². The molecule has 0 aromatic heterocycles. The molecule has 18 heavy (non-hydrogen) atoms. The van der Waals surface area contributed by atoms with Gasteiger partial charge in [0, 0.05) is 0 Å². The first-order valence-corrected chi connectivity index (χ1v) is 5.59. The lowest BCUT2D eigenvalue weighted by atomic mass is 10.2. The largest absolute Gasteiger partial charge is 0.488 e. The molecule has 1 aromatic carbocycles. The molecule has 1 N–H and O–H groups in total. The van der Waals surface area contributed by atoms with Gasteiger partial charge in [0.05, 0.1) is 17.8 Å². The second-order valence-electron chi connectivity index (χ2n) is 4.76. The van der Waals surface area contributed by atoms with E-state index < -0.39 is 11.8 Å². The van der Waals surface area contributed by atoms with Crippen molar-refractivity contribution in [3.63, 3.8) is 0 Å². The molecule has 5 heteroatoms. The molecule has 0 aliphatic rings. The molecule has 0 radical (unpaired) electrons. The number of aromatic carboxylic acids is 1. The fourth-order valence-corrected chi connectivity index (χ4v) is 1.25. The molecule has 0 aliphatic carbocycles. The van der Waals surface area contributed by atoms with E-state index in [4.69, 9.17) is 14.6 Å². The van der Waals surface area contributed by atoms with Crippen LogP contribution in [0.5, 0.6) is 5.75 Å². The zero-order valence-corrected chi connectivity index (χ0v) is 10.7.